The monoisotopic (exact) mass is 521 g/mol. The Morgan fingerprint density at radius 2 is 1.79 bits per heavy atom. The van der Waals surface area contributed by atoms with Gasteiger partial charge in [0, 0.05) is 42.4 Å². The number of hydrogen-bond acceptors (Lipinski definition) is 5. The van der Waals surface area contributed by atoms with Crippen molar-refractivity contribution in [2.45, 2.75) is 59.2 Å². The lowest BCUT2D eigenvalue weighted by Crippen LogP contribution is -2.38. The first kappa shape index (κ1) is 27.6. The number of hydrogen-bond donors (Lipinski definition) is 1. The van der Waals surface area contributed by atoms with Crippen LogP contribution in [0, 0.1) is 11.7 Å². The number of benzene rings is 1. The molecule has 3 rings (SSSR count). The third-order valence-corrected chi connectivity index (χ3v) is 6.68. The Morgan fingerprint density at radius 3 is 2.30 bits per heavy atom. The number of likely N-dealkylation sites (tertiary alicyclic amines) is 1. The van der Waals surface area contributed by atoms with Gasteiger partial charge >= 0.3 is 0 Å². The lowest BCUT2D eigenvalue weighted by atomic mass is 9.93. The minimum atomic E-state index is -0.578. The Balaban J connectivity index is 0.000000234. The molecule has 7 heteroatoms. The van der Waals surface area contributed by atoms with E-state index in [2.05, 4.69) is 39.7 Å². The van der Waals surface area contributed by atoms with Crippen molar-refractivity contribution >= 4 is 21.7 Å². The molecule has 1 aliphatic rings. The molecule has 2 heterocycles. The number of pyridine rings is 1. The van der Waals surface area contributed by atoms with E-state index < -0.39 is 6.23 Å². The molecule has 1 N–H and O–H groups in total. The second-order valence-electron chi connectivity index (χ2n) is 8.59. The summed E-state index contributed by atoms with van der Waals surface area (Å²) in [7, 11) is 0. The van der Waals surface area contributed by atoms with Crippen LogP contribution in [0.3, 0.4) is 0 Å². The summed E-state index contributed by atoms with van der Waals surface area (Å²) in [4.78, 5) is 19.6. The first-order valence-corrected chi connectivity index (χ1v) is 12.6. The minimum absolute atomic E-state index is 0.177. The molecule has 1 aromatic heterocycles. The van der Waals surface area contributed by atoms with Crippen LogP contribution in [-0.4, -0.2) is 51.9 Å². The number of rotatable bonds is 9. The third kappa shape index (κ3) is 9.24. The van der Waals surface area contributed by atoms with E-state index in [-0.39, 0.29) is 17.5 Å². The molecule has 0 spiro atoms. The van der Waals surface area contributed by atoms with E-state index >= 15 is 0 Å². The molecule has 0 bridgehead atoms. The molecule has 0 radical (unpaired) electrons. The topological polar surface area (TPSA) is 56.7 Å². The van der Waals surface area contributed by atoms with Gasteiger partial charge < -0.3 is 5.11 Å². The second kappa shape index (κ2) is 14.6. The van der Waals surface area contributed by atoms with Crippen LogP contribution in [0.2, 0.25) is 0 Å². The van der Waals surface area contributed by atoms with Gasteiger partial charge in [-0.05, 0) is 81.1 Å². The summed E-state index contributed by atoms with van der Waals surface area (Å²) in [6.45, 7) is 10.6. The number of halogens is 2. The van der Waals surface area contributed by atoms with Gasteiger partial charge in [0.05, 0.1) is 0 Å². The molecule has 0 amide bonds. The van der Waals surface area contributed by atoms with E-state index in [1.54, 1.807) is 19.3 Å². The van der Waals surface area contributed by atoms with Gasteiger partial charge in [-0.3, -0.25) is 19.6 Å². The summed E-state index contributed by atoms with van der Waals surface area (Å²) in [6, 6.07) is 8.56. The van der Waals surface area contributed by atoms with Gasteiger partial charge in [0.15, 0.2) is 0 Å². The predicted molar refractivity (Wildman–Crippen MR) is 134 cm³/mol. The summed E-state index contributed by atoms with van der Waals surface area (Å²) in [6.07, 6.45) is 6.78. The molecule has 33 heavy (non-hydrogen) atoms. The van der Waals surface area contributed by atoms with Crippen molar-refractivity contribution in [1.29, 1.82) is 0 Å². The van der Waals surface area contributed by atoms with Gasteiger partial charge in [0.25, 0.3) is 0 Å². The second-order valence-corrected chi connectivity index (χ2v) is 9.44. The van der Waals surface area contributed by atoms with Crippen LogP contribution < -0.4 is 0 Å². The Labute approximate surface area is 206 Å². The van der Waals surface area contributed by atoms with Crippen LogP contribution >= 0.6 is 15.9 Å². The highest BCUT2D eigenvalue weighted by molar-refractivity contribution is 9.10. The molecular formula is C26H37BrFN3O2. The zero-order valence-electron chi connectivity index (χ0n) is 20.0. The highest BCUT2D eigenvalue weighted by Crippen LogP contribution is 2.25. The molecule has 0 saturated carbocycles. The number of piperidine rings is 1. The average Bonchev–Trinajstić information content (AvgIpc) is 2.82. The SMILES string of the molecule is CC(=O)C1CCN(C(O)c2ccncc2)CC1.CCCN(CCC)Cc1ccc(F)cc1Br. The average molecular weight is 523 g/mol. The van der Waals surface area contributed by atoms with Crippen LogP contribution in [0.15, 0.2) is 47.2 Å². The molecule has 1 saturated heterocycles. The van der Waals surface area contributed by atoms with Crippen LogP contribution in [0.4, 0.5) is 4.39 Å². The van der Waals surface area contributed by atoms with Gasteiger partial charge in [0.1, 0.15) is 17.8 Å². The first-order valence-electron chi connectivity index (χ1n) is 11.8. The number of aliphatic hydroxyl groups excluding tert-OH is 1. The largest absolute Gasteiger partial charge is 0.374 e. The fourth-order valence-corrected chi connectivity index (χ4v) is 4.57. The van der Waals surface area contributed by atoms with Gasteiger partial charge in [0.2, 0.25) is 0 Å². The van der Waals surface area contributed by atoms with Crippen LogP contribution in [-0.2, 0) is 11.3 Å². The van der Waals surface area contributed by atoms with Gasteiger partial charge in [-0.25, -0.2) is 4.39 Å². The molecule has 1 fully saturated rings. The highest BCUT2D eigenvalue weighted by Gasteiger charge is 2.26. The molecular weight excluding hydrogens is 485 g/mol. The maximum atomic E-state index is 12.9. The summed E-state index contributed by atoms with van der Waals surface area (Å²) < 4.78 is 13.8. The normalized spacial score (nSPS) is 15.7. The van der Waals surface area contributed by atoms with Crippen molar-refractivity contribution in [2.75, 3.05) is 26.2 Å². The van der Waals surface area contributed by atoms with Crippen molar-refractivity contribution in [2.24, 2.45) is 5.92 Å². The third-order valence-electron chi connectivity index (χ3n) is 5.94. The molecule has 2 aromatic rings. The van der Waals surface area contributed by atoms with E-state index in [1.807, 2.05) is 23.1 Å². The van der Waals surface area contributed by atoms with Crippen molar-refractivity contribution < 1.29 is 14.3 Å². The molecule has 0 aliphatic carbocycles. The number of nitrogens with zero attached hydrogens (tertiary/aromatic N) is 3. The quantitative estimate of drug-likeness (QED) is 0.466. The molecule has 1 aliphatic heterocycles. The fraction of sp³-hybridized carbons (Fsp3) is 0.538. The zero-order chi connectivity index (χ0) is 24.2. The van der Waals surface area contributed by atoms with Gasteiger partial charge in [-0.2, -0.15) is 0 Å². The summed E-state index contributed by atoms with van der Waals surface area (Å²) in [5.41, 5.74) is 2.02. The van der Waals surface area contributed by atoms with E-state index in [0.717, 1.165) is 74.0 Å². The van der Waals surface area contributed by atoms with Crippen LogP contribution in [0.25, 0.3) is 0 Å². The molecule has 1 atom stereocenters. The number of aromatic nitrogens is 1. The number of ketones is 1. The van der Waals surface area contributed by atoms with E-state index in [9.17, 15) is 14.3 Å². The Bertz CT molecular complexity index is 839. The molecule has 182 valence electrons. The Kier molecular flexibility index (Phi) is 12.2. The lowest BCUT2D eigenvalue weighted by molar-refractivity contribution is -0.123. The van der Waals surface area contributed by atoms with Crippen molar-refractivity contribution in [3.8, 4) is 0 Å². The summed E-state index contributed by atoms with van der Waals surface area (Å²) in [5.74, 6) is 0.257. The van der Waals surface area contributed by atoms with Crippen molar-refractivity contribution in [3.63, 3.8) is 0 Å². The number of carbonyl (C=O) groups is 1. The predicted octanol–water partition coefficient (Wildman–Crippen LogP) is 5.58. The van der Waals surface area contributed by atoms with Gasteiger partial charge in [-0.1, -0.05) is 35.8 Å². The molecule has 5 nitrogen and oxygen atoms in total. The smallest absolute Gasteiger partial charge is 0.133 e. The van der Waals surface area contributed by atoms with E-state index in [4.69, 9.17) is 0 Å². The summed E-state index contributed by atoms with van der Waals surface area (Å²) in [5, 5.41) is 10.2. The van der Waals surface area contributed by atoms with Crippen LogP contribution in [0.5, 0.6) is 0 Å². The maximum Gasteiger partial charge on any atom is 0.133 e. The maximum absolute atomic E-state index is 12.9. The van der Waals surface area contributed by atoms with Crippen molar-refractivity contribution in [3.05, 3.63) is 64.1 Å². The first-order chi connectivity index (χ1) is 15.8. The fourth-order valence-electron chi connectivity index (χ4n) is 4.09. The van der Waals surface area contributed by atoms with E-state index in [0.29, 0.717) is 0 Å². The Morgan fingerprint density at radius 1 is 1.18 bits per heavy atom. The zero-order valence-corrected chi connectivity index (χ0v) is 21.6. The standard InChI is InChI=1S/C13H19BrFN.C13H18N2O2/c1-3-7-16(8-4-2)10-11-5-6-12(15)9-13(11)14;1-10(16)11-4-8-15(9-5-11)13(17)12-2-6-14-7-3-12/h5-6,9H,3-4,7-8,10H2,1-2H3;2-3,6-7,11,13,17H,4-5,8-9H2,1H3. The van der Waals surface area contributed by atoms with E-state index in [1.165, 1.54) is 12.1 Å². The highest BCUT2D eigenvalue weighted by atomic mass is 79.9. The van der Waals surface area contributed by atoms with Crippen LogP contribution in [0.1, 0.15) is 63.8 Å². The molecule has 1 aromatic carbocycles. The number of Topliss-reactive ketones (excluding diaryl/α,β-unsaturated/α-hetero) is 1. The molecule has 1 unspecified atom stereocenters. The number of aliphatic hydroxyl groups is 1. The lowest BCUT2D eigenvalue weighted by Gasteiger charge is -2.34. The van der Waals surface area contributed by atoms with Gasteiger partial charge in [-0.15, -0.1) is 0 Å². The van der Waals surface area contributed by atoms with Crippen molar-refractivity contribution in [1.82, 2.24) is 14.8 Å². The number of carbonyl (C=O) groups excluding carboxylic acids is 1. The summed E-state index contributed by atoms with van der Waals surface area (Å²) >= 11 is 3.41. The minimum Gasteiger partial charge on any atom is -0.374 e. The Hall–Kier alpha value is -1.67.